The van der Waals surface area contributed by atoms with Gasteiger partial charge >= 0.3 is 13.2 Å². The Morgan fingerprint density at radius 1 is 0.969 bits per heavy atom. The van der Waals surface area contributed by atoms with E-state index in [0.29, 0.717) is 16.6 Å². The Morgan fingerprint density at radius 3 is 2.06 bits per heavy atom. The molecule has 1 N–H and O–H groups in total. The van der Waals surface area contributed by atoms with Crippen LogP contribution in [0.15, 0.2) is 42.5 Å². The summed E-state index contributed by atoms with van der Waals surface area (Å²) in [5.41, 5.74) is -0.659. The number of hydrogen-bond donors (Lipinski definition) is 1. The van der Waals surface area contributed by atoms with Gasteiger partial charge in [0.25, 0.3) is 0 Å². The molecule has 0 saturated carbocycles. The summed E-state index contributed by atoms with van der Waals surface area (Å²) in [7, 11) is -0.853. The third-order valence-corrected chi connectivity index (χ3v) is 5.57. The second-order valence-electron chi connectivity index (χ2n) is 9.94. The number of carbonyl (C=O) groups excluding carboxylic acids is 2. The summed E-state index contributed by atoms with van der Waals surface area (Å²) in [5.74, 6) is -0.506. The Balaban J connectivity index is 2.00. The molecule has 6 nitrogen and oxygen atoms in total. The normalized spacial score (nSPS) is 17.2. The Bertz CT molecular complexity index is 1010. The van der Waals surface area contributed by atoms with Crippen molar-refractivity contribution in [3.63, 3.8) is 0 Å². The molecule has 0 aliphatic carbocycles. The lowest BCUT2D eigenvalue weighted by molar-refractivity contribution is 0.00578. The van der Waals surface area contributed by atoms with Crippen LogP contribution in [-0.4, -0.2) is 35.7 Å². The van der Waals surface area contributed by atoms with Gasteiger partial charge in [-0.05, 0) is 96.4 Å². The predicted molar refractivity (Wildman–Crippen MR) is 121 cm³/mol. The minimum absolute atomic E-state index is 0.243. The van der Waals surface area contributed by atoms with Crippen LogP contribution in [0.25, 0.3) is 0 Å². The molecule has 32 heavy (non-hydrogen) atoms. The van der Waals surface area contributed by atoms with E-state index < -0.39 is 35.8 Å². The van der Waals surface area contributed by atoms with Crippen molar-refractivity contribution in [3.05, 3.63) is 59.4 Å². The molecule has 0 radical (unpaired) electrons. The molecule has 1 aliphatic heterocycles. The number of ether oxygens (including phenoxy) is 1. The summed E-state index contributed by atoms with van der Waals surface area (Å²) in [6.07, 6.45) is -0.616. The lowest BCUT2D eigenvalue weighted by Gasteiger charge is -2.32. The van der Waals surface area contributed by atoms with E-state index in [-0.39, 0.29) is 11.5 Å². The Labute approximate surface area is 188 Å². The fraction of sp³-hybridized carbons (Fsp3) is 0.417. The molecule has 1 amide bonds. The molecule has 0 spiro atoms. The standard InChI is InChI=1S/C24H29BFNO5/c1-22(2,3)27-21(29)30-17-12-13-18(20(28)15-8-10-16(26)11-9-15)19(14-17)25-31-23(4,5)24(6,7)32-25/h8-14H,1-7H3,(H,27,29). The van der Waals surface area contributed by atoms with Crippen LogP contribution in [0.3, 0.4) is 0 Å². The Morgan fingerprint density at radius 2 is 1.53 bits per heavy atom. The fourth-order valence-corrected chi connectivity index (χ4v) is 3.17. The maximum absolute atomic E-state index is 13.3. The first-order valence-corrected chi connectivity index (χ1v) is 10.5. The number of amides is 1. The number of hydrogen-bond acceptors (Lipinski definition) is 5. The van der Waals surface area contributed by atoms with Gasteiger partial charge in [0.1, 0.15) is 11.6 Å². The summed E-state index contributed by atoms with van der Waals surface area (Å²) in [5, 5.41) is 2.73. The zero-order chi connectivity index (χ0) is 23.9. The monoisotopic (exact) mass is 441 g/mol. The molecule has 1 fully saturated rings. The van der Waals surface area contributed by atoms with Crippen molar-refractivity contribution in [2.24, 2.45) is 0 Å². The maximum atomic E-state index is 13.3. The molecule has 1 saturated heterocycles. The van der Waals surface area contributed by atoms with E-state index in [2.05, 4.69) is 5.32 Å². The van der Waals surface area contributed by atoms with Gasteiger partial charge in [0.05, 0.1) is 11.2 Å². The number of rotatable bonds is 4. The summed E-state index contributed by atoms with van der Waals surface area (Å²) < 4.78 is 31.1. The number of carbonyl (C=O) groups is 2. The first-order chi connectivity index (χ1) is 14.7. The third kappa shape index (κ3) is 5.19. The molecule has 8 heteroatoms. The molecule has 2 aromatic carbocycles. The van der Waals surface area contributed by atoms with E-state index in [1.54, 1.807) is 12.1 Å². The quantitative estimate of drug-likeness (QED) is 0.568. The Kier molecular flexibility index (Phi) is 6.24. The highest BCUT2D eigenvalue weighted by molar-refractivity contribution is 6.64. The smallest absolute Gasteiger partial charge is 0.410 e. The summed E-state index contributed by atoms with van der Waals surface area (Å²) in [6, 6.07) is 9.98. The van der Waals surface area contributed by atoms with E-state index in [1.807, 2.05) is 48.5 Å². The van der Waals surface area contributed by atoms with Crippen molar-refractivity contribution < 1.29 is 28.0 Å². The van der Waals surface area contributed by atoms with Gasteiger partial charge < -0.3 is 19.4 Å². The second kappa shape index (κ2) is 8.33. The maximum Gasteiger partial charge on any atom is 0.495 e. The minimum Gasteiger partial charge on any atom is -0.410 e. The van der Waals surface area contributed by atoms with Gasteiger partial charge in [0, 0.05) is 16.7 Å². The van der Waals surface area contributed by atoms with Crippen LogP contribution in [0, 0.1) is 5.82 Å². The van der Waals surface area contributed by atoms with Crippen molar-refractivity contribution in [3.8, 4) is 5.75 Å². The van der Waals surface area contributed by atoms with Crippen LogP contribution in [-0.2, 0) is 9.31 Å². The first-order valence-electron chi connectivity index (χ1n) is 10.5. The lowest BCUT2D eigenvalue weighted by atomic mass is 9.74. The van der Waals surface area contributed by atoms with Crippen LogP contribution >= 0.6 is 0 Å². The zero-order valence-corrected chi connectivity index (χ0v) is 19.5. The van der Waals surface area contributed by atoms with E-state index >= 15 is 0 Å². The molecule has 0 atom stereocenters. The molecule has 0 unspecified atom stereocenters. The molecule has 2 aromatic rings. The van der Waals surface area contributed by atoms with Crippen LogP contribution < -0.4 is 15.5 Å². The fourth-order valence-electron chi connectivity index (χ4n) is 3.17. The van der Waals surface area contributed by atoms with Gasteiger partial charge in [0.15, 0.2) is 5.78 Å². The number of nitrogens with one attached hydrogen (secondary N) is 1. The SMILES string of the molecule is CC(C)(C)NC(=O)Oc1ccc(C(=O)c2ccc(F)cc2)c(B2OC(C)(C)C(C)(C)O2)c1. The highest BCUT2D eigenvalue weighted by atomic mass is 19.1. The average molecular weight is 441 g/mol. The van der Waals surface area contributed by atoms with Gasteiger partial charge in [-0.2, -0.15) is 0 Å². The van der Waals surface area contributed by atoms with Gasteiger partial charge in [-0.3, -0.25) is 4.79 Å². The zero-order valence-electron chi connectivity index (χ0n) is 19.5. The first kappa shape index (κ1) is 23.9. The molecule has 0 bridgehead atoms. The van der Waals surface area contributed by atoms with E-state index in [4.69, 9.17) is 14.0 Å². The molecule has 1 heterocycles. The third-order valence-electron chi connectivity index (χ3n) is 5.57. The van der Waals surface area contributed by atoms with Crippen molar-refractivity contribution in [1.82, 2.24) is 5.32 Å². The van der Waals surface area contributed by atoms with Crippen LogP contribution in [0.5, 0.6) is 5.75 Å². The second-order valence-corrected chi connectivity index (χ2v) is 9.94. The Hall–Kier alpha value is -2.71. The summed E-state index contributed by atoms with van der Waals surface area (Å²) in [4.78, 5) is 25.5. The van der Waals surface area contributed by atoms with E-state index in [9.17, 15) is 14.0 Å². The van der Waals surface area contributed by atoms with Crippen LogP contribution in [0.2, 0.25) is 0 Å². The van der Waals surface area contributed by atoms with E-state index in [1.165, 1.54) is 30.3 Å². The number of halogens is 1. The van der Waals surface area contributed by atoms with Gasteiger partial charge in [-0.25, -0.2) is 9.18 Å². The topological polar surface area (TPSA) is 73.9 Å². The van der Waals surface area contributed by atoms with Gasteiger partial charge in [-0.15, -0.1) is 0 Å². The lowest BCUT2D eigenvalue weighted by Crippen LogP contribution is -2.42. The molecule has 3 rings (SSSR count). The van der Waals surface area contributed by atoms with Crippen molar-refractivity contribution in [1.29, 1.82) is 0 Å². The highest BCUT2D eigenvalue weighted by Crippen LogP contribution is 2.37. The number of benzene rings is 2. The summed E-state index contributed by atoms with van der Waals surface area (Å²) >= 11 is 0. The minimum atomic E-state index is -0.853. The van der Waals surface area contributed by atoms with E-state index in [0.717, 1.165) is 0 Å². The highest BCUT2D eigenvalue weighted by Gasteiger charge is 2.52. The summed E-state index contributed by atoms with van der Waals surface area (Å²) in [6.45, 7) is 13.2. The average Bonchev–Trinajstić information content (AvgIpc) is 2.87. The van der Waals surface area contributed by atoms with Gasteiger partial charge in [-0.1, -0.05) is 0 Å². The van der Waals surface area contributed by atoms with Crippen molar-refractivity contribution in [2.45, 2.75) is 65.2 Å². The van der Waals surface area contributed by atoms with Crippen molar-refractivity contribution >= 4 is 24.5 Å². The van der Waals surface area contributed by atoms with Crippen molar-refractivity contribution in [2.75, 3.05) is 0 Å². The molecule has 0 aromatic heterocycles. The van der Waals surface area contributed by atoms with Crippen LogP contribution in [0.4, 0.5) is 9.18 Å². The van der Waals surface area contributed by atoms with Crippen LogP contribution in [0.1, 0.15) is 64.4 Å². The number of ketones is 1. The van der Waals surface area contributed by atoms with Gasteiger partial charge in [0.2, 0.25) is 0 Å². The molecular formula is C24H29BFNO5. The largest absolute Gasteiger partial charge is 0.495 e. The predicted octanol–water partition coefficient (Wildman–Crippen LogP) is 4.24. The molecule has 1 aliphatic rings. The molecular weight excluding hydrogens is 412 g/mol. The molecule has 170 valence electrons.